The SMILES string of the molecule is CC(CC1CCCCCN1)NCC(C)(C)S(C)(=O)=O. The summed E-state index contributed by atoms with van der Waals surface area (Å²) in [6.07, 6.45) is 7.53. The van der Waals surface area contributed by atoms with Crippen LogP contribution in [-0.4, -0.2) is 44.6 Å². The molecule has 1 fully saturated rings. The highest BCUT2D eigenvalue weighted by atomic mass is 32.2. The topological polar surface area (TPSA) is 58.2 Å². The lowest BCUT2D eigenvalue weighted by Crippen LogP contribution is -2.46. The predicted octanol–water partition coefficient (Wildman–Crippen LogP) is 1.71. The summed E-state index contributed by atoms with van der Waals surface area (Å²) in [6, 6.07) is 0.919. The number of sulfone groups is 1. The molecule has 4 nitrogen and oxygen atoms in total. The van der Waals surface area contributed by atoms with Gasteiger partial charge in [-0.3, -0.25) is 0 Å². The monoisotopic (exact) mass is 290 g/mol. The molecule has 5 heteroatoms. The van der Waals surface area contributed by atoms with Gasteiger partial charge < -0.3 is 10.6 Å². The molecule has 0 aromatic carbocycles. The minimum Gasteiger partial charge on any atom is -0.314 e. The summed E-state index contributed by atoms with van der Waals surface area (Å²) < 4.78 is 22.6. The molecule has 0 aromatic heterocycles. The summed E-state index contributed by atoms with van der Waals surface area (Å²) >= 11 is 0. The fourth-order valence-electron chi connectivity index (χ4n) is 2.36. The first-order chi connectivity index (χ1) is 8.72. The van der Waals surface area contributed by atoms with Crippen molar-refractivity contribution in [3.8, 4) is 0 Å². The van der Waals surface area contributed by atoms with Gasteiger partial charge in [0.15, 0.2) is 9.84 Å². The Morgan fingerprint density at radius 2 is 2.00 bits per heavy atom. The van der Waals surface area contributed by atoms with Crippen molar-refractivity contribution >= 4 is 9.84 Å². The van der Waals surface area contributed by atoms with Crippen molar-refractivity contribution < 1.29 is 8.42 Å². The molecule has 0 saturated carbocycles. The maximum Gasteiger partial charge on any atom is 0.153 e. The maximum atomic E-state index is 11.6. The maximum absolute atomic E-state index is 11.6. The van der Waals surface area contributed by atoms with E-state index in [-0.39, 0.29) is 0 Å². The van der Waals surface area contributed by atoms with Gasteiger partial charge in [-0.2, -0.15) is 0 Å². The van der Waals surface area contributed by atoms with Crippen LogP contribution in [0.5, 0.6) is 0 Å². The van der Waals surface area contributed by atoms with Crippen LogP contribution in [0.2, 0.25) is 0 Å². The standard InChI is InChI=1S/C14H30N2O2S/c1-12(10-13-8-6-5-7-9-15-13)16-11-14(2,3)19(4,17)18/h12-13,15-16H,5-11H2,1-4H3. The molecule has 19 heavy (non-hydrogen) atoms. The van der Waals surface area contributed by atoms with Crippen LogP contribution in [0.1, 0.15) is 52.9 Å². The first-order valence-electron chi connectivity index (χ1n) is 7.39. The number of hydrogen-bond donors (Lipinski definition) is 2. The first kappa shape index (κ1) is 16.9. The molecule has 2 atom stereocenters. The van der Waals surface area contributed by atoms with Gasteiger partial charge in [0.25, 0.3) is 0 Å². The molecular formula is C14H30N2O2S. The molecule has 2 unspecified atom stereocenters. The second kappa shape index (κ2) is 7.04. The van der Waals surface area contributed by atoms with Gasteiger partial charge in [-0.25, -0.2) is 8.42 Å². The van der Waals surface area contributed by atoms with E-state index in [9.17, 15) is 8.42 Å². The van der Waals surface area contributed by atoms with Crippen molar-refractivity contribution in [1.82, 2.24) is 10.6 Å². The van der Waals surface area contributed by atoms with Crippen molar-refractivity contribution in [3.63, 3.8) is 0 Å². The minimum atomic E-state index is -3.02. The van der Waals surface area contributed by atoms with Gasteiger partial charge in [0, 0.05) is 24.9 Å². The number of hydrogen-bond acceptors (Lipinski definition) is 4. The minimum absolute atomic E-state index is 0.344. The quantitative estimate of drug-likeness (QED) is 0.782. The average Bonchev–Trinajstić information content (AvgIpc) is 2.53. The Labute approximate surface area is 118 Å². The Hall–Kier alpha value is -0.130. The molecule has 1 aliphatic rings. The van der Waals surface area contributed by atoms with Crippen molar-refractivity contribution in [2.75, 3.05) is 19.3 Å². The van der Waals surface area contributed by atoms with E-state index in [1.807, 2.05) is 0 Å². The smallest absolute Gasteiger partial charge is 0.153 e. The van der Waals surface area contributed by atoms with E-state index < -0.39 is 14.6 Å². The Balaban J connectivity index is 2.36. The van der Waals surface area contributed by atoms with Crippen LogP contribution in [0.25, 0.3) is 0 Å². The van der Waals surface area contributed by atoms with Crippen LogP contribution in [0.3, 0.4) is 0 Å². The Kier molecular flexibility index (Phi) is 6.27. The van der Waals surface area contributed by atoms with Crippen LogP contribution < -0.4 is 10.6 Å². The Morgan fingerprint density at radius 1 is 1.32 bits per heavy atom. The summed E-state index contributed by atoms with van der Waals surface area (Å²) in [5, 5.41) is 6.96. The van der Waals surface area contributed by atoms with E-state index in [0.717, 1.165) is 13.0 Å². The summed E-state index contributed by atoms with van der Waals surface area (Å²) in [5.41, 5.74) is 0. The summed E-state index contributed by atoms with van der Waals surface area (Å²) in [5.74, 6) is 0. The van der Waals surface area contributed by atoms with Crippen LogP contribution in [0.15, 0.2) is 0 Å². The highest BCUT2D eigenvalue weighted by Crippen LogP contribution is 2.16. The van der Waals surface area contributed by atoms with Crippen molar-refractivity contribution in [3.05, 3.63) is 0 Å². The van der Waals surface area contributed by atoms with Crippen LogP contribution in [0, 0.1) is 0 Å². The third-order valence-electron chi connectivity index (χ3n) is 4.18. The van der Waals surface area contributed by atoms with Gasteiger partial charge >= 0.3 is 0 Å². The Bertz CT molecular complexity index is 358. The first-order valence-corrected chi connectivity index (χ1v) is 9.28. The molecule has 114 valence electrons. The van der Waals surface area contributed by atoms with Gasteiger partial charge in [-0.1, -0.05) is 12.8 Å². The molecule has 0 bridgehead atoms. The molecular weight excluding hydrogens is 260 g/mol. The predicted molar refractivity (Wildman–Crippen MR) is 81.3 cm³/mol. The molecule has 0 aliphatic carbocycles. The Morgan fingerprint density at radius 3 is 2.63 bits per heavy atom. The van der Waals surface area contributed by atoms with E-state index >= 15 is 0 Å². The third-order valence-corrected chi connectivity index (χ3v) is 6.33. The zero-order valence-electron chi connectivity index (χ0n) is 12.8. The highest BCUT2D eigenvalue weighted by molar-refractivity contribution is 7.92. The third kappa shape index (κ3) is 5.79. The van der Waals surface area contributed by atoms with Crippen molar-refractivity contribution in [1.29, 1.82) is 0 Å². The van der Waals surface area contributed by atoms with Crippen LogP contribution in [-0.2, 0) is 9.84 Å². The molecule has 1 rings (SSSR count). The number of rotatable bonds is 6. The normalized spacial score (nSPS) is 23.9. The van der Waals surface area contributed by atoms with E-state index in [1.165, 1.54) is 31.9 Å². The van der Waals surface area contributed by atoms with E-state index in [1.54, 1.807) is 13.8 Å². The molecule has 1 aliphatic heterocycles. The van der Waals surface area contributed by atoms with Gasteiger partial charge in [0.2, 0.25) is 0 Å². The molecule has 2 N–H and O–H groups in total. The average molecular weight is 290 g/mol. The summed E-state index contributed by atoms with van der Waals surface area (Å²) in [7, 11) is -3.02. The zero-order chi connectivity index (χ0) is 14.5. The van der Waals surface area contributed by atoms with E-state index in [2.05, 4.69) is 17.6 Å². The van der Waals surface area contributed by atoms with E-state index in [0.29, 0.717) is 18.6 Å². The zero-order valence-corrected chi connectivity index (χ0v) is 13.6. The fourth-order valence-corrected chi connectivity index (χ4v) is 2.71. The lowest BCUT2D eigenvalue weighted by molar-refractivity contribution is 0.391. The van der Waals surface area contributed by atoms with Gasteiger partial charge in [-0.15, -0.1) is 0 Å². The molecule has 0 aromatic rings. The largest absolute Gasteiger partial charge is 0.314 e. The summed E-state index contributed by atoms with van der Waals surface area (Å²) in [6.45, 7) is 7.34. The van der Waals surface area contributed by atoms with Crippen LogP contribution in [0.4, 0.5) is 0 Å². The van der Waals surface area contributed by atoms with Gasteiger partial charge in [0.1, 0.15) is 0 Å². The second-order valence-corrected chi connectivity index (χ2v) is 9.20. The van der Waals surface area contributed by atoms with E-state index in [4.69, 9.17) is 0 Å². The molecule has 0 amide bonds. The van der Waals surface area contributed by atoms with Crippen molar-refractivity contribution in [2.24, 2.45) is 0 Å². The second-order valence-electron chi connectivity index (χ2n) is 6.55. The van der Waals surface area contributed by atoms with Gasteiger partial charge in [-0.05, 0) is 46.6 Å². The molecule has 0 spiro atoms. The lowest BCUT2D eigenvalue weighted by Gasteiger charge is -2.27. The lowest BCUT2D eigenvalue weighted by atomic mass is 10.0. The molecule has 0 radical (unpaired) electrons. The molecule has 1 saturated heterocycles. The van der Waals surface area contributed by atoms with Crippen molar-refractivity contribution in [2.45, 2.75) is 69.7 Å². The molecule has 1 heterocycles. The number of nitrogens with one attached hydrogen (secondary N) is 2. The van der Waals surface area contributed by atoms with Gasteiger partial charge in [0.05, 0.1) is 4.75 Å². The highest BCUT2D eigenvalue weighted by Gasteiger charge is 2.30. The fraction of sp³-hybridized carbons (Fsp3) is 1.00. The summed E-state index contributed by atoms with van der Waals surface area (Å²) in [4.78, 5) is 0. The van der Waals surface area contributed by atoms with Crippen LogP contribution >= 0.6 is 0 Å².